The molecule has 0 aliphatic heterocycles. The summed E-state index contributed by atoms with van der Waals surface area (Å²) in [6.07, 6.45) is 0. The molecule has 0 saturated carbocycles. The van der Waals surface area contributed by atoms with E-state index in [1.807, 2.05) is 18.2 Å². The molecule has 20 heavy (non-hydrogen) atoms. The van der Waals surface area contributed by atoms with Crippen LogP contribution in [0.2, 0.25) is 5.02 Å². The van der Waals surface area contributed by atoms with Crippen molar-refractivity contribution in [3.05, 3.63) is 64.7 Å². The molecule has 0 amide bonds. The van der Waals surface area contributed by atoms with E-state index in [0.29, 0.717) is 6.04 Å². The SMILES string of the molecule is CC(NCc1cccc(Cl)c1)c1ccc(N(C)C)cc1. The van der Waals surface area contributed by atoms with Gasteiger partial charge >= 0.3 is 0 Å². The van der Waals surface area contributed by atoms with Gasteiger partial charge in [-0.15, -0.1) is 0 Å². The van der Waals surface area contributed by atoms with Gasteiger partial charge in [-0.05, 0) is 42.3 Å². The van der Waals surface area contributed by atoms with Crippen LogP contribution in [0, 0.1) is 0 Å². The second-order valence-corrected chi connectivity index (χ2v) is 5.65. The van der Waals surface area contributed by atoms with Gasteiger partial charge in [-0.3, -0.25) is 0 Å². The summed E-state index contributed by atoms with van der Waals surface area (Å²) in [4.78, 5) is 2.11. The molecule has 0 saturated heterocycles. The first-order valence-corrected chi connectivity index (χ1v) is 7.19. The van der Waals surface area contributed by atoms with Crippen LogP contribution in [0.15, 0.2) is 48.5 Å². The first-order valence-electron chi connectivity index (χ1n) is 6.81. The van der Waals surface area contributed by atoms with Gasteiger partial charge in [0.15, 0.2) is 0 Å². The van der Waals surface area contributed by atoms with Gasteiger partial charge in [-0.25, -0.2) is 0 Å². The summed E-state index contributed by atoms with van der Waals surface area (Å²) in [5.41, 5.74) is 3.71. The van der Waals surface area contributed by atoms with Crippen LogP contribution in [0.3, 0.4) is 0 Å². The van der Waals surface area contributed by atoms with E-state index in [1.54, 1.807) is 0 Å². The molecule has 2 aromatic carbocycles. The van der Waals surface area contributed by atoms with Crippen LogP contribution in [0.25, 0.3) is 0 Å². The predicted octanol–water partition coefficient (Wildman–Crippen LogP) is 4.26. The molecule has 0 radical (unpaired) electrons. The Morgan fingerprint density at radius 2 is 1.80 bits per heavy atom. The van der Waals surface area contributed by atoms with Gasteiger partial charge in [0, 0.05) is 37.4 Å². The zero-order valence-corrected chi connectivity index (χ0v) is 13.0. The maximum Gasteiger partial charge on any atom is 0.0409 e. The Hall–Kier alpha value is -1.51. The topological polar surface area (TPSA) is 15.3 Å². The molecule has 1 unspecified atom stereocenters. The Labute approximate surface area is 126 Å². The maximum absolute atomic E-state index is 5.99. The molecule has 0 heterocycles. The molecule has 0 aliphatic rings. The van der Waals surface area contributed by atoms with Crippen molar-refractivity contribution in [3.8, 4) is 0 Å². The van der Waals surface area contributed by atoms with Crippen molar-refractivity contribution in [2.75, 3.05) is 19.0 Å². The minimum Gasteiger partial charge on any atom is -0.378 e. The fourth-order valence-electron chi connectivity index (χ4n) is 2.10. The third-order valence-electron chi connectivity index (χ3n) is 3.41. The Morgan fingerprint density at radius 3 is 2.40 bits per heavy atom. The lowest BCUT2D eigenvalue weighted by Gasteiger charge is -2.17. The summed E-state index contributed by atoms with van der Waals surface area (Å²) in [7, 11) is 4.10. The van der Waals surface area contributed by atoms with Gasteiger partial charge in [0.25, 0.3) is 0 Å². The van der Waals surface area contributed by atoms with E-state index < -0.39 is 0 Å². The lowest BCUT2D eigenvalue weighted by atomic mass is 10.1. The minimum absolute atomic E-state index is 0.310. The van der Waals surface area contributed by atoms with Gasteiger partial charge < -0.3 is 10.2 Å². The summed E-state index contributed by atoms with van der Waals surface area (Å²) < 4.78 is 0. The third-order valence-corrected chi connectivity index (χ3v) is 3.65. The van der Waals surface area contributed by atoms with E-state index in [4.69, 9.17) is 11.6 Å². The summed E-state index contributed by atoms with van der Waals surface area (Å²) in [5.74, 6) is 0. The first kappa shape index (κ1) is 14.9. The molecule has 2 aromatic rings. The molecule has 0 fully saturated rings. The predicted molar refractivity (Wildman–Crippen MR) is 87.5 cm³/mol. The highest BCUT2D eigenvalue weighted by Crippen LogP contribution is 2.18. The number of halogens is 1. The van der Waals surface area contributed by atoms with Crippen LogP contribution < -0.4 is 10.2 Å². The molecule has 1 N–H and O–H groups in total. The number of nitrogens with zero attached hydrogens (tertiary/aromatic N) is 1. The number of rotatable bonds is 5. The molecule has 2 rings (SSSR count). The Kier molecular flexibility index (Phi) is 5.05. The summed E-state index contributed by atoms with van der Waals surface area (Å²) in [5, 5.41) is 4.30. The highest BCUT2D eigenvalue weighted by molar-refractivity contribution is 6.30. The zero-order chi connectivity index (χ0) is 14.5. The molecule has 0 bridgehead atoms. The number of hydrogen-bond acceptors (Lipinski definition) is 2. The Balaban J connectivity index is 1.96. The van der Waals surface area contributed by atoms with E-state index >= 15 is 0 Å². The fraction of sp³-hybridized carbons (Fsp3) is 0.294. The van der Waals surface area contributed by atoms with Crippen LogP contribution in [-0.2, 0) is 6.54 Å². The average Bonchev–Trinajstić information content (AvgIpc) is 2.45. The molecule has 1 atom stereocenters. The van der Waals surface area contributed by atoms with Crippen molar-refractivity contribution in [1.29, 1.82) is 0 Å². The lowest BCUT2D eigenvalue weighted by molar-refractivity contribution is 0.575. The first-order chi connectivity index (χ1) is 9.56. The molecule has 2 nitrogen and oxygen atoms in total. The molecule has 0 spiro atoms. The molecule has 0 aliphatic carbocycles. The lowest BCUT2D eigenvalue weighted by Crippen LogP contribution is -2.18. The second-order valence-electron chi connectivity index (χ2n) is 5.22. The van der Waals surface area contributed by atoms with E-state index in [1.165, 1.54) is 16.8 Å². The Bertz CT molecular complexity index is 549. The highest BCUT2D eigenvalue weighted by atomic mass is 35.5. The molecular weight excluding hydrogens is 268 g/mol. The van der Waals surface area contributed by atoms with Gasteiger partial charge in [-0.2, -0.15) is 0 Å². The van der Waals surface area contributed by atoms with Crippen molar-refractivity contribution in [2.24, 2.45) is 0 Å². The maximum atomic E-state index is 5.99. The summed E-state index contributed by atoms with van der Waals surface area (Å²) in [6.45, 7) is 2.99. The van der Waals surface area contributed by atoms with Crippen LogP contribution in [0.5, 0.6) is 0 Å². The van der Waals surface area contributed by atoms with Gasteiger partial charge in [0.1, 0.15) is 0 Å². The molecule has 3 heteroatoms. The number of anilines is 1. The largest absolute Gasteiger partial charge is 0.378 e. The third kappa shape index (κ3) is 3.99. The zero-order valence-electron chi connectivity index (χ0n) is 12.2. The van der Waals surface area contributed by atoms with Crippen LogP contribution >= 0.6 is 11.6 Å². The van der Waals surface area contributed by atoms with E-state index in [2.05, 4.69) is 61.6 Å². The number of benzene rings is 2. The number of hydrogen-bond donors (Lipinski definition) is 1. The van der Waals surface area contributed by atoms with Crippen LogP contribution in [0.4, 0.5) is 5.69 Å². The van der Waals surface area contributed by atoms with Crippen molar-refractivity contribution >= 4 is 17.3 Å². The van der Waals surface area contributed by atoms with E-state index in [0.717, 1.165) is 11.6 Å². The summed E-state index contributed by atoms with van der Waals surface area (Å²) >= 11 is 5.99. The van der Waals surface area contributed by atoms with E-state index in [9.17, 15) is 0 Å². The minimum atomic E-state index is 0.310. The highest BCUT2D eigenvalue weighted by Gasteiger charge is 2.05. The van der Waals surface area contributed by atoms with Crippen LogP contribution in [0.1, 0.15) is 24.1 Å². The molecule has 0 aromatic heterocycles. The molecular formula is C17H21ClN2. The van der Waals surface area contributed by atoms with Gasteiger partial charge in [0.2, 0.25) is 0 Å². The number of nitrogens with one attached hydrogen (secondary N) is 1. The standard InChI is InChI=1S/C17H21ClN2/c1-13(15-7-9-17(10-8-15)20(2)3)19-12-14-5-4-6-16(18)11-14/h4-11,13,19H,12H2,1-3H3. The normalized spacial score (nSPS) is 12.2. The Morgan fingerprint density at radius 1 is 1.10 bits per heavy atom. The average molecular weight is 289 g/mol. The van der Waals surface area contributed by atoms with Crippen molar-refractivity contribution in [3.63, 3.8) is 0 Å². The van der Waals surface area contributed by atoms with Crippen molar-refractivity contribution in [1.82, 2.24) is 5.32 Å². The fourth-order valence-corrected chi connectivity index (χ4v) is 2.31. The quantitative estimate of drug-likeness (QED) is 0.884. The summed E-state index contributed by atoms with van der Waals surface area (Å²) in [6, 6.07) is 16.9. The van der Waals surface area contributed by atoms with Crippen LogP contribution in [-0.4, -0.2) is 14.1 Å². The molecule has 106 valence electrons. The second kappa shape index (κ2) is 6.78. The van der Waals surface area contributed by atoms with Crippen molar-refractivity contribution in [2.45, 2.75) is 19.5 Å². The monoisotopic (exact) mass is 288 g/mol. The van der Waals surface area contributed by atoms with Crippen molar-refractivity contribution < 1.29 is 0 Å². The van der Waals surface area contributed by atoms with E-state index in [-0.39, 0.29) is 0 Å². The van der Waals surface area contributed by atoms with Gasteiger partial charge in [0.05, 0.1) is 0 Å². The smallest absolute Gasteiger partial charge is 0.0409 e. The van der Waals surface area contributed by atoms with Gasteiger partial charge in [-0.1, -0.05) is 35.9 Å².